The maximum atomic E-state index is 3.57. The van der Waals surface area contributed by atoms with Crippen molar-refractivity contribution in [2.45, 2.75) is 51.1 Å². The molecular formula is C15H26N2S. The van der Waals surface area contributed by atoms with Crippen LogP contribution in [0.1, 0.15) is 38.0 Å². The molecule has 2 heterocycles. The van der Waals surface area contributed by atoms with Gasteiger partial charge in [-0.2, -0.15) is 0 Å². The Morgan fingerprint density at radius 2 is 2.17 bits per heavy atom. The first-order valence-corrected chi connectivity index (χ1v) is 8.03. The highest BCUT2D eigenvalue weighted by molar-refractivity contribution is 7.09. The first-order chi connectivity index (χ1) is 8.70. The second-order valence-corrected chi connectivity index (χ2v) is 6.56. The largest absolute Gasteiger partial charge is 0.315 e. The quantitative estimate of drug-likeness (QED) is 0.851. The fraction of sp³-hybridized carbons (Fsp3) is 0.733. The van der Waals surface area contributed by atoms with E-state index in [1.54, 1.807) is 0 Å². The SMILES string of the molecule is CCC(C)(C(Cc1cccs1)NC)N1CCCC1. The molecule has 2 unspecified atom stereocenters. The van der Waals surface area contributed by atoms with Gasteiger partial charge in [-0.05, 0) is 64.2 Å². The van der Waals surface area contributed by atoms with Crippen LogP contribution < -0.4 is 5.32 Å². The first kappa shape index (κ1) is 14.0. The van der Waals surface area contributed by atoms with Crippen LogP contribution in [0.5, 0.6) is 0 Å². The molecule has 3 heteroatoms. The molecule has 1 aromatic heterocycles. The van der Waals surface area contributed by atoms with Gasteiger partial charge in [0, 0.05) is 16.5 Å². The van der Waals surface area contributed by atoms with E-state index in [9.17, 15) is 0 Å². The lowest BCUT2D eigenvalue weighted by Crippen LogP contribution is -2.58. The van der Waals surface area contributed by atoms with E-state index in [0.29, 0.717) is 6.04 Å². The standard InChI is InChI=1S/C15H26N2S/c1-4-15(2,17-9-5-6-10-17)14(16-3)12-13-8-7-11-18-13/h7-8,11,14,16H,4-6,9-10,12H2,1-3H3. The Hall–Kier alpha value is -0.380. The fourth-order valence-corrected chi connectivity index (χ4v) is 3.93. The molecule has 0 bridgehead atoms. The van der Waals surface area contributed by atoms with E-state index < -0.39 is 0 Å². The van der Waals surface area contributed by atoms with Gasteiger partial charge < -0.3 is 5.32 Å². The van der Waals surface area contributed by atoms with Gasteiger partial charge >= 0.3 is 0 Å². The molecular weight excluding hydrogens is 240 g/mol. The highest BCUT2D eigenvalue weighted by Gasteiger charge is 2.38. The molecule has 0 radical (unpaired) electrons. The smallest absolute Gasteiger partial charge is 0.0335 e. The Kier molecular flexibility index (Phi) is 4.82. The van der Waals surface area contributed by atoms with Crippen molar-refractivity contribution in [1.82, 2.24) is 10.2 Å². The molecule has 1 aliphatic rings. The zero-order valence-electron chi connectivity index (χ0n) is 11.9. The summed E-state index contributed by atoms with van der Waals surface area (Å²) in [7, 11) is 2.11. The van der Waals surface area contributed by atoms with Crippen LogP contribution in [0.4, 0.5) is 0 Å². The third-order valence-corrected chi connectivity index (χ3v) is 5.53. The van der Waals surface area contributed by atoms with E-state index in [4.69, 9.17) is 0 Å². The molecule has 2 atom stereocenters. The van der Waals surface area contributed by atoms with Crippen molar-refractivity contribution >= 4 is 11.3 Å². The Morgan fingerprint density at radius 3 is 2.67 bits per heavy atom. The van der Waals surface area contributed by atoms with E-state index in [0.717, 1.165) is 6.42 Å². The monoisotopic (exact) mass is 266 g/mol. The third-order valence-electron chi connectivity index (χ3n) is 4.63. The topological polar surface area (TPSA) is 15.3 Å². The van der Waals surface area contributed by atoms with Gasteiger partial charge in [-0.15, -0.1) is 11.3 Å². The number of thiophene rings is 1. The summed E-state index contributed by atoms with van der Waals surface area (Å²) in [6, 6.07) is 4.96. The summed E-state index contributed by atoms with van der Waals surface area (Å²) in [5.74, 6) is 0. The zero-order chi connectivity index (χ0) is 13.0. The summed E-state index contributed by atoms with van der Waals surface area (Å²) >= 11 is 1.88. The average Bonchev–Trinajstić information content (AvgIpc) is 3.07. The average molecular weight is 266 g/mol. The molecule has 1 N–H and O–H groups in total. The molecule has 1 fully saturated rings. The summed E-state index contributed by atoms with van der Waals surface area (Å²) in [5.41, 5.74) is 0.287. The van der Waals surface area contributed by atoms with E-state index in [-0.39, 0.29) is 5.54 Å². The highest BCUT2D eigenvalue weighted by Crippen LogP contribution is 2.30. The summed E-state index contributed by atoms with van der Waals surface area (Å²) in [6.45, 7) is 7.31. The number of likely N-dealkylation sites (tertiary alicyclic amines) is 1. The van der Waals surface area contributed by atoms with Gasteiger partial charge in [0.15, 0.2) is 0 Å². The van der Waals surface area contributed by atoms with Crippen molar-refractivity contribution < 1.29 is 0 Å². The second-order valence-electron chi connectivity index (χ2n) is 5.53. The van der Waals surface area contributed by atoms with Crippen molar-refractivity contribution in [2.24, 2.45) is 0 Å². The lowest BCUT2D eigenvalue weighted by atomic mass is 9.85. The molecule has 18 heavy (non-hydrogen) atoms. The lowest BCUT2D eigenvalue weighted by Gasteiger charge is -2.44. The summed E-state index contributed by atoms with van der Waals surface area (Å²) in [5, 5.41) is 5.76. The zero-order valence-corrected chi connectivity index (χ0v) is 12.7. The number of likely N-dealkylation sites (N-methyl/N-ethyl adjacent to an activating group) is 1. The third kappa shape index (κ3) is 2.79. The van der Waals surface area contributed by atoms with Crippen molar-refractivity contribution in [3.63, 3.8) is 0 Å². The number of hydrogen-bond donors (Lipinski definition) is 1. The number of nitrogens with zero attached hydrogens (tertiary/aromatic N) is 1. The molecule has 2 nitrogen and oxygen atoms in total. The molecule has 1 aromatic rings. The molecule has 0 aliphatic carbocycles. The van der Waals surface area contributed by atoms with Gasteiger partial charge in [-0.25, -0.2) is 0 Å². The predicted octanol–water partition coefficient (Wildman–Crippen LogP) is 3.14. The minimum Gasteiger partial charge on any atom is -0.315 e. The van der Waals surface area contributed by atoms with Gasteiger partial charge in [0.1, 0.15) is 0 Å². The van der Waals surface area contributed by atoms with Crippen molar-refractivity contribution in [1.29, 1.82) is 0 Å². The Balaban J connectivity index is 2.11. The molecule has 2 rings (SSSR count). The van der Waals surface area contributed by atoms with Crippen LogP contribution in [0.25, 0.3) is 0 Å². The number of rotatable bonds is 6. The molecule has 102 valence electrons. The fourth-order valence-electron chi connectivity index (χ4n) is 3.18. The molecule has 0 amide bonds. The van der Waals surface area contributed by atoms with Crippen molar-refractivity contribution in [3.05, 3.63) is 22.4 Å². The van der Waals surface area contributed by atoms with Crippen molar-refractivity contribution in [2.75, 3.05) is 20.1 Å². The molecule has 1 aliphatic heterocycles. The maximum absolute atomic E-state index is 3.57. The van der Waals surface area contributed by atoms with Crippen LogP contribution in [-0.2, 0) is 6.42 Å². The van der Waals surface area contributed by atoms with Gasteiger partial charge in [0.05, 0.1) is 0 Å². The summed E-state index contributed by atoms with van der Waals surface area (Å²) < 4.78 is 0. The Labute approximate surface area is 115 Å². The predicted molar refractivity (Wildman–Crippen MR) is 80.4 cm³/mol. The van der Waals surface area contributed by atoms with E-state index >= 15 is 0 Å². The van der Waals surface area contributed by atoms with Crippen LogP contribution in [0.3, 0.4) is 0 Å². The van der Waals surface area contributed by atoms with Crippen LogP contribution in [0, 0.1) is 0 Å². The molecule has 1 saturated heterocycles. The van der Waals surface area contributed by atoms with E-state index in [2.05, 4.69) is 48.6 Å². The minimum absolute atomic E-state index is 0.287. The van der Waals surface area contributed by atoms with Gasteiger partial charge in [0.2, 0.25) is 0 Å². The minimum atomic E-state index is 0.287. The maximum Gasteiger partial charge on any atom is 0.0335 e. The summed E-state index contributed by atoms with van der Waals surface area (Å²) in [4.78, 5) is 4.19. The molecule has 0 spiro atoms. The van der Waals surface area contributed by atoms with Gasteiger partial charge in [0.25, 0.3) is 0 Å². The first-order valence-electron chi connectivity index (χ1n) is 7.15. The number of hydrogen-bond acceptors (Lipinski definition) is 3. The molecule has 0 aromatic carbocycles. The van der Waals surface area contributed by atoms with Crippen molar-refractivity contribution in [3.8, 4) is 0 Å². The van der Waals surface area contributed by atoms with E-state index in [1.165, 1.54) is 37.2 Å². The van der Waals surface area contributed by atoms with Crippen LogP contribution >= 0.6 is 11.3 Å². The summed E-state index contributed by atoms with van der Waals surface area (Å²) in [6.07, 6.45) is 5.09. The molecule has 0 saturated carbocycles. The number of nitrogens with one attached hydrogen (secondary N) is 1. The lowest BCUT2D eigenvalue weighted by molar-refractivity contribution is 0.0876. The highest BCUT2D eigenvalue weighted by atomic mass is 32.1. The normalized spacial score (nSPS) is 21.9. The Bertz CT molecular complexity index is 343. The second kappa shape index (κ2) is 6.18. The van der Waals surface area contributed by atoms with E-state index in [1.807, 2.05) is 11.3 Å². The van der Waals surface area contributed by atoms with Crippen LogP contribution in [-0.4, -0.2) is 36.6 Å². The van der Waals surface area contributed by atoms with Gasteiger partial charge in [-0.1, -0.05) is 13.0 Å². The van der Waals surface area contributed by atoms with Gasteiger partial charge in [-0.3, -0.25) is 4.90 Å². The van der Waals surface area contributed by atoms with Crippen LogP contribution in [0.2, 0.25) is 0 Å². The van der Waals surface area contributed by atoms with Crippen LogP contribution in [0.15, 0.2) is 17.5 Å². The Morgan fingerprint density at radius 1 is 1.44 bits per heavy atom.